The second-order valence-corrected chi connectivity index (χ2v) is 16.6. The van der Waals surface area contributed by atoms with Gasteiger partial charge in [0.2, 0.25) is 0 Å². The molecule has 2 aliphatic heterocycles. The maximum Gasteiger partial charge on any atom is 0.410 e. The molecule has 0 aliphatic carbocycles. The van der Waals surface area contributed by atoms with Crippen molar-refractivity contribution in [2.75, 3.05) is 11.4 Å². The molecular weight excluding hydrogens is 456 g/mol. The van der Waals surface area contributed by atoms with Crippen molar-refractivity contribution in [3.05, 3.63) is 11.9 Å². The van der Waals surface area contributed by atoms with Gasteiger partial charge in [-0.25, -0.2) is 4.79 Å². The number of nitrogens with zero attached hydrogens (tertiary/aromatic N) is 4. The molecule has 2 amide bonds. The third-order valence-electron chi connectivity index (χ3n) is 6.93. The smallest absolute Gasteiger partial charge is 0.410 e. The molecule has 2 unspecified atom stereocenters. The number of carboxylic acids is 1. The van der Waals surface area contributed by atoms with Crippen LogP contribution in [0.1, 0.15) is 54.2 Å². The van der Waals surface area contributed by atoms with Gasteiger partial charge in [-0.15, -0.1) is 0 Å². The van der Waals surface area contributed by atoms with Gasteiger partial charge in [-0.05, 0) is 45.8 Å². The van der Waals surface area contributed by atoms with Crippen molar-refractivity contribution in [1.82, 2.24) is 14.7 Å². The van der Waals surface area contributed by atoms with Crippen LogP contribution in [0.2, 0.25) is 18.1 Å². The Morgan fingerprint density at radius 2 is 1.76 bits per heavy atom. The lowest BCUT2D eigenvalue weighted by atomic mass is 10.1. The van der Waals surface area contributed by atoms with Crippen LogP contribution in [0, 0.1) is 5.92 Å². The molecule has 1 aromatic rings. The average molecular weight is 495 g/mol. The first-order chi connectivity index (χ1) is 15.4. The van der Waals surface area contributed by atoms with Crippen molar-refractivity contribution < 1.29 is 28.7 Å². The van der Waals surface area contributed by atoms with Gasteiger partial charge in [-0.1, -0.05) is 20.8 Å². The van der Waals surface area contributed by atoms with Crippen LogP contribution in [-0.2, 0) is 31.8 Å². The van der Waals surface area contributed by atoms with Crippen LogP contribution in [0.3, 0.4) is 0 Å². The van der Waals surface area contributed by atoms with Crippen LogP contribution in [0.25, 0.3) is 0 Å². The first-order valence-corrected chi connectivity index (χ1v) is 14.6. The van der Waals surface area contributed by atoms with Gasteiger partial charge in [0.25, 0.3) is 5.91 Å². The van der Waals surface area contributed by atoms with E-state index in [1.165, 1.54) is 4.90 Å². The highest BCUT2D eigenvalue weighted by atomic mass is 28.4. The molecule has 1 saturated heterocycles. The van der Waals surface area contributed by atoms with Gasteiger partial charge in [-0.3, -0.25) is 19.2 Å². The van der Waals surface area contributed by atoms with Crippen molar-refractivity contribution in [2.24, 2.45) is 5.92 Å². The molecule has 0 bridgehead atoms. The van der Waals surface area contributed by atoms with Crippen molar-refractivity contribution >= 4 is 32.0 Å². The molecule has 3 atom stereocenters. The molecule has 0 saturated carbocycles. The van der Waals surface area contributed by atoms with E-state index < -0.39 is 38.0 Å². The second kappa shape index (κ2) is 8.67. The highest BCUT2D eigenvalue weighted by molar-refractivity contribution is 6.74. The minimum absolute atomic E-state index is 0.00581. The summed E-state index contributed by atoms with van der Waals surface area (Å²) in [6.07, 6.45) is 0.0821. The van der Waals surface area contributed by atoms with Gasteiger partial charge in [0.1, 0.15) is 17.6 Å². The summed E-state index contributed by atoms with van der Waals surface area (Å²) in [7, 11) is -2.40. The van der Waals surface area contributed by atoms with Gasteiger partial charge >= 0.3 is 12.1 Å². The molecule has 190 valence electrons. The number of carbonyl (C=O) groups is 3. The van der Waals surface area contributed by atoms with Crippen molar-refractivity contribution in [1.29, 1.82) is 0 Å². The fraction of sp³-hybridized carbons (Fsp3) is 0.739. The molecule has 0 radical (unpaired) electrons. The fourth-order valence-corrected chi connectivity index (χ4v) is 5.19. The summed E-state index contributed by atoms with van der Waals surface area (Å²) in [5.41, 5.74) is 0.554. The molecule has 1 N–H and O–H groups in total. The maximum atomic E-state index is 13.5. The summed E-state index contributed by atoms with van der Waals surface area (Å²) in [6.45, 7) is 18.2. The van der Waals surface area contributed by atoms with E-state index in [0.29, 0.717) is 17.9 Å². The predicted octanol–water partition coefficient (Wildman–Crippen LogP) is 3.46. The molecule has 34 heavy (non-hydrogen) atoms. The monoisotopic (exact) mass is 494 g/mol. The molecule has 10 nitrogen and oxygen atoms in total. The number of carbonyl (C=O) groups excluding carboxylic acids is 2. The Morgan fingerprint density at radius 3 is 2.29 bits per heavy atom. The zero-order chi connectivity index (χ0) is 25.8. The molecule has 11 heteroatoms. The molecule has 0 spiro atoms. The van der Waals surface area contributed by atoms with E-state index >= 15 is 0 Å². The molecule has 1 aromatic heterocycles. The van der Waals surface area contributed by atoms with Crippen LogP contribution in [0.4, 0.5) is 10.5 Å². The molecule has 0 aromatic carbocycles. The summed E-state index contributed by atoms with van der Waals surface area (Å²) < 4.78 is 13.6. The number of hydrogen-bond acceptors (Lipinski definition) is 6. The summed E-state index contributed by atoms with van der Waals surface area (Å²) in [4.78, 5) is 41.4. The zero-order valence-electron chi connectivity index (χ0n) is 21.7. The van der Waals surface area contributed by atoms with E-state index in [1.807, 2.05) is 61.6 Å². The summed E-state index contributed by atoms with van der Waals surface area (Å²) in [5, 5.41) is 14.1. The lowest BCUT2D eigenvalue weighted by molar-refractivity contribution is -0.145. The maximum absolute atomic E-state index is 13.5. The lowest BCUT2D eigenvalue weighted by Crippen LogP contribution is -2.48. The van der Waals surface area contributed by atoms with Gasteiger partial charge < -0.3 is 19.2 Å². The van der Waals surface area contributed by atoms with Crippen molar-refractivity contribution in [3.8, 4) is 0 Å². The fourth-order valence-electron chi connectivity index (χ4n) is 3.94. The highest BCUT2D eigenvalue weighted by Crippen LogP contribution is 2.40. The van der Waals surface area contributed by atoms with Crippen LogP contribution >= 0.6 is 0 Å². The molecule has 1 fully saturated rings. The number of fused-ring (bicyclic) bond motifs is 1. The highest BCUT2D eigenvalue weighted by Gasteiger charge is 2.51. The van der Waals surface area contributed by atoms with Gasteiger partial charge in [0, 0.05) is 6.54 Å². The molecule has 3 rings (SSSR count). The van der Waals surface area contributed by atoms with E-state index in [1.54, 1.807) is 15.8 Å². The quantitative estimate of drug-likeness (QED) is 0.638. The van der Waals surface area contributed by atoms with Crippen molar-refractivity contribution in [2.45, 2.75) is 97.4 Å². The van der Waals surface area contributed by atoms with E-state index in [4.69, 9.17) is 9.16 Å². The Hall–Kier alpha value is -2.40. The second-order valence-electron chi connectivity index (χ2n) is 11.8. The summed E-state index contributed by atoms with van der Waals surface area (Å²) in [5.74, 6) is -2.43. The molecule has 3 heterocycles. The zero-order valence-corrected chi connectivity index (χ0v) is 22.7. The van der Waals surface area contributed by atoms with E-state index in [0.717, 1.165) is 0 Å². The first-order valence-electron chi connectivity index (χ1n) is 11.7. The average Bonchev–Trinajstić information content (AvgIpc) is 3.19. The summed E-state index contributed by atoms with van der Waals surface area (Å²) >= 11 is 0. The number of hydrogen-bond donors (Lipinski definition) is 1. The third-order valence-corrected chi connectivity index (χ3v) is 11.4. The summed E-state index contributed by atoms with van der Waals surface area (Å²) in [6, 6.07) is -0.147. The van der Waals surface area contributed by atoms with Gasteiger partial charge in [0.15, 0.2) is 8.32 Å². The normalized spacial score (nSPS) is 23.8. The van der Waals surface area contributed by atoms with E-state index in [-0.39, 0.29) is 30.1 Å². The largest absolute Gasteiger partial charge is 0.481 e. The van der Waals surface area contributed by atoms with Crippen LogP contribution in [0.5, 0.6) is 0 Å². The predicted molar refractivity (Wildman–Crippen MR) is 129 cm³/mol. The SMILES string of the molecule is C[C@H]1Cn2ncc(N3CC(C(=O)O)C(O[Si](C)(C)C(C)(C)C)C3=O)c2CN1C(=O)OC(C)(C)C. The molecular formula is C23H38N4O6Si. The Morgan fingerprint density at radius 1 is 1.15 bits per heavy atom. The number of aliphatic carboxylic acids is 1. The van der Waals surface area contributed by atoms with Gasteiger partial charge in [0.05, 0.1) is 36.7 Å². The van der Waals surface area contributed by atoms with E-state index in [9.17, 15) is 19.5 Å². The number of ether oxygens (including phenoxy) is 1. The Kier molecular flexibility index (Phi) is 6.68. The van der Waals surface area contributed by atoms with E-state index in [2.05, 4.69) is 5.10 Å². The molecule has 2 aliphatic rings. The van der Waals surface area contributed by atoms with Crippen molar-refractivity contribution in [3.63, 3.8) is 0 Å². The number of carboxylic acid groups (broad SMARTS) is 1. The number of aromatic nitrogens is 2. The van der Waals surface area contributed by atoms with Gasteiger partial charge in [-0.2, -0.15) is 5.10 Å². The van der Waals surface area contributed by atoms with Crippen LogP contribution < -0.4 is 4.90 Å². The number of rotatable bonds is 4. The third kappa shape index (κ3) is 5.00. The minimum Gasteiger partial charge on any atom is -0.481 e. The lowest BCUT2D eigenvalue weighted by Gasteiger charge is -2.38. The minimum atomic E-state index is -2.40. The Bertz CT molecular complexity index is 977. The Balaban J connectivity index is 1.90. The number of anilines is 1. The van der Waals surface area contributed by atoms with Crippen LogP contribution in [0.15, 0.2) is 6.20 Å². The van der Waals surface area contributed by atoms with Crippen LogP contribution in [-0.4, -0.2) is 70.4 Å². The first kappa shape index (κ1) is 26.2. The number of amides is 2. The topological polar surface area (TPSA) is 114 Å². The Labute approximate surface area is 202 Å². The standard InChI is InChI=1S/C23H38N4O6Si/c1-14-11-27-17(13-25(14)21(31)32-22(2,3)4)16(10-24-27)26-12-15(20(29)30)18(19(26)28)33-34(8,9)23(5,6)7/h10,14-15,18H,11-13H2,1-9H3,(H,29,30)/t14-,15?,18?/m0/s1.